The van der Waals surface area contributed by atoms with Crippen LogP contribution in [0.15, 0.2) is 0 Å². The van der Waals surface area contributed by atoms with Gasteiger partial charge in [0.05, 0.1) is 6.54 Å². The number of nitrogens with zero attached hydrogens (tertiary/aromatic N) is 3. The number of hydrogen-bond donors (Lipinski definition) is 1. The van der Waals surface area contributed by atoms with Gasteiger partial charge in [-0.25, -0.2) is 0 Å². The number of piperazine rings is 1. The third-order valence-electron chi connectivity index (χ3n) is 4.47. The monoisotopic (exact) mass is 368 g/mol. The number of amides is 1. The summed E-state index contributed by atoms with van der Waals surface area (Å²) in [5, 5.41) is 3.06. The minimum Gasteiger partial charge on any atom is -0.336 e. The molecule has 2 heterocycles. The molecule has 136 valence electrons. The fourth-order valence-electron chi connectivity index (χ4n) is 3.09. The number of halogens is 1. The summed E-state index contributed by atoms with van der Waals surface area (Å²) in [5.74, 6) is 0.0786. The first kappa shape index (κ1) is 20.6. The molecule has 1 amide bonds. The number of piperidine rings is 1. The van der Waals surface area contributed by atoms with Crippen LogP contribution in [-0.4, -0.2) is 80.2 Å². The molecule has 0 spiro atoms. The van der Waals surface area contributed by atoms with Crippen molar-refractivity contribution in [2.75, 3.05) is 46.3 Å². The quantitative estimate of drug-likeness (QED) is 0.731. The Morgan fingerprint density at radius 3 is 2.74 bits per heavy atom. The molecular weight excluding hydrogens is 340 g/mol. The van der Waals surface area contributed by atoms with Crippen LogP contribution in [-0.2, 0) is 15.0 Å². The van der Waals surface area contributed by atoms with E-state index in [1.807, 2.05) is 11.8 Å². The van der Waals surface area contributed by atoms with E-state index < -0.39 is 10.2 Å². The Hall–Kier alpha value is -0.410. The second kappa shape index (κ2) is 9.17. The largest absolute Gasteiger partial charge is 0.336 e. The molecule has 2 aliphatic rings. The van der Waals surface area contributed by atoms with Crippen LogP contribution in [0.5, 0.6) is 0 Å². The number of carbonyl (C=O) groups excluding carboxylic acids is 1. The molecule has 0 aromatic heterocycles. The lowest BCUT2D eigenvalue weighted by Crippen LogP contribution is -2.58. The highest BCUT2D eigenvalue weighted by Gasteiger charge is 2.35. The predicted octanol–water partition coefficient (Wildman–Crippen LogP) is 0.281. The van der Waals surface area contributed by atoms with E-state index in [0.717, 1.165) is 32.2 Å². The first-order valence-corrected chi connectivity index (χ1v) is 9.58. The fraction of sp³-hybridized carbons (Fsp3) is 0.929. The van der Waals surface area contributed by atoms with Gasteiger partial charge in [0.1, 0.15) is 0 Å². The topological polar surface area (TPSA) is 73.0 Å². The predicted molar refractivity (Wildman–Crippen MR) is 92.9 cm³/mol. The second-order valence-corrected chi connectivity index (χ2v) is 8.14. The third kappa shape index (κ3) is 5.03. The lowest BCUT2D eigenvalue weighted by Gasteiger charge is -2.41. The van der Waals surface area contributed by atoms with Gasteiger partial charge in [-0.05, 0) is 19.3 Å². The van der Waals surface area contributed by atoms with Gasteiger partial charge in [0.15, 0.2) is 0 Å². The molecule has 1 N–H and O–H groups in total. The van der Waals surface area contributed by atoms with Crippen molar-refractivity contribution in [3.63, 3.8) is 0 Å². The van der Waals surface area contributed by atoms with Crippen LogP contribution in [0.25, 0.3) is 0 Å². The maximum Gasteiger partial charge on any atom is 0.281 e. The fourth-order valence-corrected chi connectivity index (χ4v) is 4.56. The standard InChI is InChI=1S/C14H28N4O3S.ClH/c1-3-4-8-16(2)22(20,21)17-9-5-6-13(12-17)18-10-7-15-11-14(18)19;/h13,15H,3-12H2,1-2H3;1H. The zero-order valence-corrected chi connectivity index (χ0v) is 15.7. The van der Waals surface area contributed by atoms with Gasteiger partial charge in [-0.15, -0.1) is 12.4 Å². The molecule has 9 heteroatoms. The van der Waals surface area contributed by atoms with Gasteiger partial charge in [0.25, 0.3) is 10.2 Å². The van der Waals surface area contributed by atoms with Crippen molar-refractivity contribution in [1.82, 2.24) is 18.8 Å². The van der Waals surface area contributed by atoms with Crippen LogP contribution in [0, 0.1) is 0 Å². The number of unbranched alkanes of at least 4 members (excludes halogenated alkanes) is 1. The molecule has 2 aliphatic heterocycles. The summed E-state index contributed by atoms with van der Waals surface area (Å²) in [6.07, 6.45) is 3.53. The molecule has 1 atom stereocenters. The van der Waals surface area contributed by atoms with Gasteiger partial charge >= 0.3 is 0 Å². The summed E-state index contributed by atoms with van der Waals surface area (Å²) in [5.41, 5.74) is 0. The Morgan fingerprint density at radius 1 is 1.35 bits per heavy atom. The van der Waals surface area contributed by atoms with Crippen LogP contribution in [0.2, 0.25) is 0 Å². The van der Waals surface area contributed by atoms with Crippen molar-refractivity contribution < 1.29 is 13.2 Å². The first-order valence-electron chi connectivity index (χ1n) is 8.18. The Labute approximate surface area is 146 Å². The molecular formula is C14H29ClN4O3S. The average molecular weight is 369 g/mol. The number of carbonyl (C=O) groups is 1. The van der Waals surface area contributed by atoms with Crippen LogP contribution < -0.4 is 5.32 Å². The summed E-state index contributed by atoms with van der Waals surface area (Å²) in [6.45, 7) is 5.38. The summed E-state index contributed by atoms with van der Waals surface area (Å²) in [4.78, 5) is 13.9. The van der Waals surface area contributed by atoms with E-state index in [4.69, 9.17) is 0 Å². The maximum atomic E-state index is 12.6. The van der Waals surface area contributed by atoms with Crippen LogP contribution in [0.1, 0.15) is 32.6 Å². The highest BCUT2D eigenvalue weighted by molar-refractivity contribution is 7.86. The Balaban J connectivity index is 0.00000264. The Morgan fingerprint density at radius 2 is 2.09 bits per heavy atom. The summed E-state index contributed by atoms with van der Waals surface area (Å²) in [7, 11) is -1.77. The van der Waals surface area contributed by atoms with Gasteiger partial charge in [-0.2, -0.15) is 17.0 Å². The average Bonchev–Trinajstić information content (AvgIpc) is 2.53. The van der Waals surface area contributed by atoms with E-state index in [1.165, 1.54) is 4.31 Å². The SMILES string of the molecule is CCCCN(C)S(=O)(=O)N1CCCC(N2CCNCC2=O)C1.Cl. The molecule has 0 aromatic carbocycles. The minimum atomic E-state index is -3.41. The summed E-state index contributed by atoms with van der Waals surface area (Å²) in [6, 6.07) is 0.0118. The zero-order valence-electron chi connectivity index (χ0n) is 14.0. The normalized spacial score (nSPS) is 23.9. The highest BCUT2D eigenvalue weighted by Crippen LogP contribution is 2.21. The Bertz CT molecular complexity index is 488. The molecule has 0 radical (unpaired) electrons. The number of hydrogen-bond acceptors (Lipinski definition) is 4. The van der Waals surface area contributed by atoms with E-state index in [-0.39, 0.29) is 24.4 Å². The van der Waals surface area contributed by atoms with Gasteiger partial charge in [0.2, 0.25) is 5.91 Å². The third-order valence-corrected chi connectivity index (χ3v) is 6.43. The van der Waals surface area contributed by atoms with Crippen LogP contribution in [0.3, 0.4) is 0 Å². The van der Waals surface area contributed by atoms with E-state index in [2.05, 4.69) is 5.32 Å². The van der Waals surface area contributed by atoms with Crippen LogP contribution >= 0.6 is 12.4 Å². The van der Waals surface area contributed by atoms with Crippen molar-refractivity contribution in [2.45, 2.75) is 38.6 Å². The van der Waals surface area contributed by atoms with Gasteiger partial charge < -0.3 is 10.2 Å². The molecule has 7 nitrogen and oxygen atoms in total. The highest BCUT2D eigenvalue weighted by atomic mass is 35.5. The molecule has 1 unspecified atom stereocenters. The molecule has 0 aromatic rings. The van der Waals surface area contributed by atoms with Crippen LogP contribution in [0.4, 0.5) is 0 Å². The zero-order chi connectivity index (χ0) is 16.2. The number of nitrogens with one attached hydrogen (secondary N) is 1. The van der Waals surface area contributed by atoms with Gasteiger partial charge in [-0.1, -0.05) is 13.3 Å². The molecule has 2 saturated heterocycles. The van der Waals surface area contributed by atoms with Crippen molar-refractivity contribution in [3.05, 3.63) is 0 Å². The summed E-state index contributed by atoms with van der Waals surface area (Å²) < 4.78 is 28.3. The lowest BCUT2D eigenvalue weighted by atomic mass is 10.1. The smallest absolute Gasteiger partial charge is 0.281 e. The molecule has 2 fully saturated rings. The van der Waals surface area contributed by atoms with Gasteiger partial charge in [0, 0.05) is 45.8 Å². The van der Waals surface area contributed by atoms with Crippen molar-refractivity contribution in [1.29, 1.82) is 0 Å². The van der Waals surface area contributed by atoms with Crippen molar-refractivity contribution in [3.8, 4) is 0 Å². The van der Waals surface area contributed by atoms with E-state index in [1.54, 1.807) is 11.4 Å². The minimum absolute atomic E-state index is 0. The Kier molecular flexibility index (Phi) is 8.23. The molecule has 0 saturated carbocycles. The van der Waals surface area contributed by atoms with Crippen molar-refractivity contribution in [2.24, 2.45) is 0 Å². The maximum absolute atomic E-state index is 12.6. The first-order chi connectivity index (χ1) is 10.5. The summed E-state index contributed by atoms with van der Waals surface area (Å²) >= 11 is 0. The second-order valence-electron chi connectivity index (χ2n) is 6.10. The van der Waals surface area contributed by atoms with Gasteiger partial charge in [-0.3, -0.25) is 4.79 Å². The molecule has 23 heavy (non-hydrogen) atoms. The number of rotatable bonds is 6. The molecule has 2 rings (SSSR count). The lowest BCUT2D eigenvalue weighted by molar-refractivity contribution is -0.135. The molecule has 0 aliphatic carbocycles. The van der Waals surface area contributed by atoms with Crippen molar-refractivity contribution >= 4 is 28.5 Å². The van der Waals surface area contributed by atoms with E-state index in [0.29, 0.717) is 32.7 Å². The van der Waals surface area contributed by atoms with E-state index >= 15 is 0 Å². The van der Waals surface area contributed by atoms with E-state index in [9.17, 15) is 13.2 Å². The molecule has 0 bridgehead atoms.